The van der Waals surface area contributed by atoms with E-state index in [-0.39, 0.29) is 6.92 Å². The summed E-state index contributed by atoms with van der Waals surface area (Å²) in [6.07, 6.45) is 0. The van der Waals surface area contributed by atoms with Gasteiger partial charge in [-0.25, -0.2) is 0 Å². The van der Waals surface area contributed by atoms with Crippen LogP contribution in [0, 0.1) is 11.9 Å². The first kappa shape index (κ1) is 14.3. The fraction of sp³-hybridized carbons (Fsp3) is 0.333. The van der Waals surface area contributed by atoms with Crippen LogP contribution in [0.4, 0.5) is 32.0 Å². The quantitative estimate of drug-likeness (QED) is 0.678. The summed E-state index contributed by atoms with van der Waals surface area (Å²) >= 11 is 0. The third-order valence-electron chi connectivity index (χ3n) is 1.86. The molecule has 0 aliphatic heterocycles. The van der Waals surface area contributed by atoms with Crippen molar-refractivity contribution in [2.24, 2.45) is 0 Å². The van der Waals surface area contributed by atoms with Gasteiger partial charge < -0.3 is 5.32 Å². The number of amides is 1. The Morgan fingerprint density at radius 2 is 1.61 bits per heavy atom. The number of nitrogens with one attached hydrogen (secondary N) is 1. The van der Waals surface area contributed by atoms with Crippen molar-refractivity contribution in [1.82, 2.24) is 4.98 Å². The maximum absolute atomic E-state index is 12.8. The van der Waals surface area contributed by atoms with Crippen molar-refractivity contribution in [3.05, 3.63) is 24.0 Å². The summed E-state index contributed by atoms with van der Waals surface area (Å²) in [4.78, 5) is 13.5. The average Bonchev–Trinajstić information content (AvgIpc) is 2.13. The van der Waals surface area contributed by atoms with Crippen molar-refractivity contribution in [1.29, 1.82) is 0 Å². The molecule has 1 amide bonds. The van der Waals surface area contributed by atoms with Crippen molar-refractivity contribution in [3.8, 4) is 0 Å². The molecule has 0 radical (unpaired) electrons. The number of hydrogen-bond acceptors (Lipinski definition) is 2. The largest absolute Gasteiger partial charge is 0.386 e. The van der Waals surface area contributed by atoms with Crippen LogP contribution in [0.3, 0.4) is 0 Å². The smallest absolute Gasteiger partial charge is 0.320 e. The SMILES string of the molecule is CC(F)(F)C(F)(F)C(=O)Nc1cc(F)nc(F)c1. The van der Waals surface area contributed by atoms with E-state index in [2.05, 4.69) is 4.98 Å². The molecular weight excluding hydrogens is 266 g/mol. The number of aromatic nitrogens is 1. The van der Waals surface area contributed by atoms with E-state index in [0.717, 1.165) is 0 Å². The molecule has 0 saturated carbocycles. The van der Waals surface area contributed by atoms with E-state index < -0.39 is 35.3 Å². The van der Waals surface area contributed by atoms with E-state index >= 15 is 0 Å². The van der Waals surface area contributed by atoms with Crippen LogP contribution in [-0.4, -0.2) is 22.7 Å². The van der Waals surface area contributed by atoms with Crippen molar-refractivity contribution in [3.63, 3.8) is 0 Å². The Morgan fingerprint density at radius 1 is 1.17 bits per heavy atom. The van der Waals surface area contributed by atoms with Gasteiger partial charge in [-0.15, -0.1) is 0 Å². The zero-order valence-electron chi connectivity index (χ0n) is 8.78. The number of carbonyl (C=O) groups is 1. The van der Waals surface area contributed by atoms with Crippen LogP contribution in [0.1, 0.15) is 6.92 Å². The van der Waals surface area contributed by atoms with Crippen molar-refractivity contribution in [2.75, 3.05) is 5.32 Å². The molecule has 0 aromatic carbocycles. The highest BCUT2D eigenvalue weighted by molar-refractivity contribution is 5.96. The van der Waals surface area contributed by atoms with Gasteiger partial charge >= 0.3 is 17.8 Å². The number of hydrogen-bond donors (Lipinski definition) is 1. The third kappa shape index (κ3) is 2.90. The third-order valence-corrected chi connectivity index (χ3v) is 1.86. The number of rotatable bonds is 3. The van der Waals surface area contributed by atoms with Gasteiger partial charge in [0, 0.05) is 24.7 Å². The van der Waals surface area contributed by atoms with E-state index in [1.54, 1.807) is 0 Å². The highest BCUT2D eigenvalue weighted by Gasteiger charge is 2.58. The van der Waals surface area contributed by atoms with Crippen LogP contribution in [-0.2, 0) is 4.79 Å². The van der Waals surface area contributed by atoms with Gasteiger partial charge in [0.15, 0.2) is 0 Å². The lowest BCUT2D eigenvalue weighted by Gasteiger charge is -2.21. The molecule has 1 rings (SSSR count). The lowest BCUT2D eigenvalue weighted by Crippen LogP contribution is -2.48. The van der Waals surface area contributed by atoms with Gasteiger partial charge in [0.2, 0.25) is 11.9 Å². The summed E-state index contributed by atoms with van der Waals surface area (Å²) in [5.41, 5.74) is -0.742. The normalized spacial score (nSPS) is 12.4. The predicted octanol–water partition coefficient (Wildman–Crippen LogP) is 2.59. The zero-order chi connectivity index (χ0) is 14.1. The van der Waals surface area contributed by atoms with Gasteiger partial charge in [-0.2, -0.15) is 31.3 Å². The molecule has 1 heterocycles. The fourth-order valence-electron chi connectivity index (χ4n) is 0.946. The summed E-state index contributed by atoms with van der Waals surface area (Å²) in [5.74, 6) is -14.8. The lowest BCUT2D eigenvalue weighted by atomic mass is 10.2. The van der Waals surface area contributed by atoms with E-state index in [0.29, 0.717) is 12.1 Å². The van der Waals surface area contributed by atoms with Crippen molar-refractivity contribution >= 4 is 11.6 Å². The second-order valence-corrected chi connectivity index (χ2v) is 3.42. The summed E-state index contributed by atoms with van der Waals surface area (Å²) in [6.45, 7) is -0.152. The number of anilines is 1. The van der Waals surface area contributed by atoms with Gasteiger partial charge in [0.05, 0.1) is 0 Å². The Kier molecular flexibility index (Phi) is 3.54. The molecule has 18 heavy (non-hydrogen) atoms. The molecule has 0 atom stereocenters. The molecule has 0 spiro atoms. The maximum Gasteiger partial charge on any atom is 0.386 e. The minimum Gasteiger partial charge on any atom is -0.320 e. The molecule has 3 nitrogen and oxygen atoms in total. The highest BCUT2D eigenvalue weighted by atomic mass is 19.3. The molecule has 1 N–H and O–H groups in total. The summed E-state index contributed by atoms with van der Waals surface area (Å²) in [5, 5.41) is 1.28. The van der Waals surface area contributed by atoms with Crippen LogP contribution in [0.2, 0.25) is 0 Å². The topological polar surface area (TPSA) is 42.0 Å². The standard InChI is InChI=1S/C9H6F6N2O/c1-8(12,13)9(14,15)7(18)16-4-2-5(10)17-6(11)3-4/h2-3H,1H3,(H,16,17,18). The summed E-state index contributed by atoms with van der Waals surface area (Å²) in [6, 6.07) is 0.815. The van der Waals surface area contributed by atoms with Crippen LogP contribution in [0.5, 0.6) is 0 Å². The first-order valence-electron chi connectivity index (χ1n) is 4.44. The number of nitrogens with zero attached hydrogens (tertiary/aromatic N) is 1. The number of carbonyl (C=O) groups excluding carboxylic acids is 1. The highest BCUT2D eigenvalue weighted by Crippen LogP contribution is 2.34. The van der Waals surface area contributed by atoms with Crippen LogP contribution in [0.15, 0.2) is 12.1 Å². The van der Waals surface area contributed by atoms with E-state index in [1.165, 1.54) is 5.32 Å². The predicted molar refractivity (Wildman–Crippen MR) is 48.4 cm³/mol. The Balaban J connectivity index is 2.95. The molecule has 9 heteroatoms. The van der Waals surface area contributed by atoms with Crippen LogP contribution < -0.4 is 5.32 Å². The van der Waals surface area contributed by atoms with Crippen LogP contribution in [0.25, 0.3) is 0 Å². The van der Waals surface area contributed by atoms with Gasteiger partial charge in [-0.1, -0.05) is 0 Å². The van der Waals surface area contributed by atoms with Gasteiger partial charge in [0.25, 0.3) is 0 Å². The Bertz CT molecular complexity index is 450. The van der Waals surface area contributed by atoms with Crippen molar-refractivity contribution < 1.29 is 31.1 Å². The Morgan fingerprint density at radius 3 is 2.00 bits per heavy atom. The lowest BCUT2D eigenvalue weighted by molar-refractivity contribution is -0.198. The van der Waals surface area contributed by atoms with Gasteiger partial charge in [-0.3, -0.25) is 4.79 Å². The average molecular weight is 272 g/mol. The minimum atomic E-state index is -5.01. The maximum atomic E-state index is 12.8. The van der Waals surface area contributed by atoms with Crippen molar-refractivity contribution in [2.45, 2.75) is 18.8 Å². The first-order chi connectivity index (χ1) is 8.04. The molecular formula is C9H6F6N2O. The first-order valence-corrected chi connectivity index (χ1v) is 4.44. The molecule has 1 aromatic rings. The second-order valence-electron chi connectivity index (χ2n) is 3.42. The molecule has 1 aromatic heterocycles. The van der Waals surface area contributed by atoms with E-state index in [9.17, 15) is 31.1 Å². The molecule has 0 aliphatic rings. The van der Waals surface area contributed by atoms with Gasteiger partial charge in [0.1, 0.15) is 0 Å². The summed E-state index contributed by atoms with van der Waals surface area (Å²) in [7, 11) is 0. The Labute approximate surface area is 96.8 Å². The van der Waals surface area contributed by atoms with Crippen LogP contribution >= 0.6 is 0 Å². The zero-order valence-corrected chi connectivity index (χ0v) is 8.78. The molecule has 0 unspecified atom stereocenters. The fourth-order valence-corrected chi connectivity index (χ4v) is 0.946. The molecule has 0 saturated heterocycles. The molecule has 100 valence electrons. The number of halogens is 6. The molecule has 0 aliphatic carbocycles. The molecule has 0 bridgehead atoms. The second kappa shape index (κ2) is 4.46. The summed E-state index contributed by atoms with van der Waals surface area (Å²) < 4.78 is 75.7. The minimum absolute atomic E-state index is 0.152. The Hall–Kier alpha value is -1.80. The molecule has 0 fully saturated rings. The monoisotopic (exact) mass is 272 g/mol. The van der Waals surface area contributed by atoms with Gasteiger partial charge in [-0.05, 0) is 0 Å². The number of pyridine rings is 1. The number of alkyl halides is 4. The van der Waals surface area contributed by atoms with E-state index in [4.69, 9.17) is 0 Å². The van der Waals surface area contributed by atoms with E-state index in [1.807, 2.05) is 0 Å².